The highest BCUT2D eigenvalue weighted by Gasteiger charge is 2.29. The third-order valence-corrected chi connectivity index (χ3v) is 2.89. The molecular formula is C15H22O4. The molecule has 0 aliphatic carbocycles. The highest BCUT2D eigenvalue weighted by Crippen LogP contribution is 2.29. The monoisotopic (exact) mass is 266 g/mol. The number of rotatable bonds is 6. The first-order chi connectivity index (χ1) is 8.92. The molecular weight excluding hydrogens is 244 g/mol. The summed E-state index contributed by atoms with van der Waals surface area (Å²) >= 11 is 0. The maximum Gasteiger partial charge on any atom is 0.311 e. The van der Waals surface area contributed by atoms with Crippen LogP contribution in [0.5, 0.6) is 11.5 Å². The molecule has 0 fully saturated rings. The van der Waals surface area contributed by atoms with Crippen molar-refractivity contribution in [2.45, 2.75) is 27.2 Å². The number of carbonyl (C=O) groups is 1. The van der Waals surface area contributed by atoms with Gasteiger partial charge in [-0.3, -0.25) is 4.79 Å². The van der Waals surface area contributed by atoms with Gasteiger partial charge < -0.3 is 14.2 Å². The summed E-state index contributed by atoms with van der Waals surface area (Å²) in [7, 11) is 3.21. The predicted octanol–water partition coefficient (Wildman–Crippen LogP) is 2.84. The number of carbonyl (C=O) groups excluding carboxylic acids is 1. The maximum absolute atomic E-state index is 11.9. The molecule has 0 N–H and O–H groups in total. The van der Waals surface area contributed by atoms with Crippen molar-refractivity contribution in [3.8, 4) is 11.5 Å². The van der Waals surface area contributed by atoms with Gasteiger partial charge in [0.15, 0.2) is 0 Å². The number of hydrogen-bond donors (Lipinski definition) is 0. The molecule has 4 nitrogen and oxygen atoms in total. The molecule has 0 saturated carbocycles. The van der Waals surface area contributed by atoms with Gasteiger partial charge in [-0.15, -0.1) is 0 Å². The van der Waals surface area contributed by atoms with Gasteiger partial charge in [0.25, 0.3) is 0 Å². The third-order valence-electron chi connectivity index (χ3n) is 2.89. The minimum Gasteiger partial charge on any atom is -0.497 e. The number of methoxy groups -OCH3 is 2. The summed E-state index contributed by atoms with van der Waals surface area (Å²) in [6, 6.07) is 5.62. The average Bonchev–Trinajstić information content (AvgIpc) is 2.37. The van der Waals surface area contributed by atoms with Crippen molar-refractivity contribution in [3.63, 3.8) is 0 Å². The lowest BCUT2D eigenvalue weighted by molar-refractivity contribution is -0.153. The minimum absolute atomic E-state index is 0.197. The van der Waals surface area contributed by atoms with Crippen LogP contribution in [0.3, 0.4) is 0 Å². The van der Waals surface area contributed by atoms with E-state index in [4.69, 9.17) is 14.2 Å². The largest absolute Gasteiger partial charge is 0.497 e. The van der Waals surface area contributed by atoms with Crippen LogP contribution in [0.1, 0.15) is 26.3 Å². The number of benzene rings is 1. The lowest BCUT2D eigenvalue weighted by Crippen LogP contribution is -2.29. The van der Waals surface area contributed by atoms with E-state index in [-0.39, 0.29) is 5.97 Å². The first kappa shape index (κ1) is 15.3. The van der Waals surface area contributed by atoms with Crippen molar-refractivity contribution in [3.05, 3.63) is 23.8 Å². The lowest BCUT2D eigenvalue weighted by atomic mass is 9.85. The maximum atomic E-state index is 11.9. The van der Waals surface area contributed by atoms with Crippen LogP contribution in [0.4, 0.5) is 0 Å². The second kappa shape index (κ2) is 6.45. The van der Waals surface area contributed by atoms with Crippen LogP contribution >= 0.6 is 0 Å². The molecule has 0 aliphatic heterocycles. The summed E-state index contributed by atoms with van der Waals surface area (Å²) in [5.74, 6) is 1.24. The van der Waals surface area contributed by atoms with E-state index in [1.165, 1.54) is 0 Å². The highest BCUT2D eigenvalue weighted by molar-refractivity contribution is 5.76. The molecule has 0 aliphatic rings. The summed E-state index contributed by atoms with van der Waals surface area (Å²) in [4.78, 5) is 11.9. The summed E-state index contributed by atoms with van der Waals surface area (Å²) in [6.07, 6.45) is 0.569. The summed E-state index contributed by atoms with van der Waals surface area (Å²) in [6.45, 7) is 5.94. The molecule has 1 aromatic rings. The van der Waals surface area contributed by atoms with Crippen molar-refractivity contribution in [1.29, 1.82) is 0 Å². The van der Waals surface area contributed by atoms with E-state index in [1.807, 2.05) is 32.9 Å². The highest BCUT2D eigenvalue weighted by atomic mass is 16.5. The minimum atomic E-state index is -0.576. The van der Waals surface area contributed by atoms with Gasteiger partial charge in [0, 0.05) is 6.07 Å². The van der Waals surface area contributed by atoms with E-state index in [0.29, 0.717) is 24.5 Å². The zero-order valence-corrected chi connectivity index (χ0v) is 12.3. The molecule has 0 bridgehead atoms. The van der Waals surface area contributed by atoms with Crippen molar-refractivity contribution >= 4 is 5.97 Å². The van der Waals surface area contributed by atoms with Crippen LogP contribution in [0.15, 0.2) is 18.2 Å². The predicted molar refractivity (Wildman–Crippen MR) is 73.7 cm³/mol. The van der Waals surface area contributed by atoms with Gasteiger partial charge in [0.1, 0.15) is 11.5 Å². The number of ether oxygens (including phenoxy) is 3. The fraction of sp³-hybridized carbons (Fsp3) is 0.533. The van der Waals surface area contributed by atoms with Crippen LogP contribution in [0.2, 0.25) is 0 Å². The van der Waals surface area contributed by atoms with Crippen LogP contribution in [-0.4, -0.2) is 26.8 Å². The molecule has 0 saturated heterocycles. The molecule has 0 amide bonds. The van der Waals surface area contributed by atoms with Crippen molar-refractivity contribution in [2.24, 2.45) is 5.41 Å². The number of esters is 1. The summed E-state index contributed by atoms with van der Waals surface area (Å²) in [5.41, 5.74) is 0.405. The third kappa shape index (κ3) is 4.16. The van der Waals surface area contributed by atoms with Crippen molar-refractivity contribution in [2.75, 3.05) is 20.8 Å². The molecule has 106 valence electrons. The molecule has 4 heteroatoms. The van der Waals surface area contributed by atoms with Crippen LogP contribution in [0.25, 0.3) is 0 Å². The molecule has 19 heavy (non-hydrogen) atoms. The Balaban J connectivity index is 2.94. The van der Waals surface area contributed by atoms with Gasteiger partial charge in [-0.05, 0) is 44.9 Å². The average molecular weight is 266 g/mol. The first-order valence-corrected chi connectivity index (χ1v) is 6.32. The summed E-state index contributed by atoms with van der Waals surface area (Å²) < 4.78 is 15.5. The Morgan fingerprint density at radius 3 is 2.05 bits per heavy atom. The Morgan fingerprint density at radius 2 is 1.63 bits per heavy atom. The summed E-state index contributed by atoms with van der Waals surface area (Å²) in [5, 5.41) is 0. The quantitative estimate of drug-likeness (QED) is 0.743. The zero-order valence-electron chi connectivity index (χ0n) is 12.3. The van der Waals surface area contributed by atoms with Gasteiger partial charge in [-0.2, -0.15) is 0 Å². The van der Waals surface area contributed by atoms with Gasteiger partial charge in [0.2, 0.25) is 0 Å². The second-order valence-electron chi connectivity index (χ2n) is 5.00. The van der Waals surface area contributed by atoms with E-state index in [0.717, 1.165) is 5.56 Å². The van der Waals surface area contributed by atoms with Gasteiger partial charge >= 0.3 is 5.97 Å². The van der Waals surface area contributed by atoms with E-state index >= 15 is 0 Å². The Kier molecular flexibility index (Phi) is 5.21. The van der Waals surface area contributed by atoms with E-state index in [9.17, 15) is 4.79 Å². The Labute approximate surface area is 114 Å². The first-order valence-electron chi connectivity index (χ1n) is 6.32. The fourth-order valence-electron chi connectivity index (χ4n) is 1.88. The molecule has 0 radical (unpaired) electrons. The standard InChI is InChI=1S/C15H22O4/c1-6-19-14(16)15(2,3)10-11-7-12(17-4)9-13(8-11)18-5/h7-9H,6,10H2,1-5H3. The van der Waals surface area contributed by atoms with E-state index in [1.54, 1.807) is 20.3 Å². The van der Waals surface area contributed by atoms with Crippen LogP contribution < -0.4 is 9.47 Å². The lowest BCUT2D eigenvalue weighted by Gasteiger charge is -2.22. The van der Waals surface area contributed by atoms with E-state index in [2.05, 4.69) is 0 Å². The van der Waals surface area contributed by atoms with Crippen LogP contribution in [0, 0.1) is 5.41 Å². The zero-order chi connectivity index (χ0) is 14.5. The van der Waals surface area contributed by atoms with E-state index < -0.39 is 5.41 Å². The smallest absolute Gasteiger partial charge is 0.311 e. The SMILES string of the molecule is CCOC(=O)C(C)(C)Cc1cc(OC)cc(OC)c1. The normalized spacial score (nSPS) is 11.0. The van der Waals surface area contributed by atoms with Gasteiger partial charge in [-0.1, -0.05) is 0 Å². The molecule has 0 heterocycles. The Bertz CT molecular complexity index is 416. The molecule has 0 aromatic heterocycles. The van der Waals surface area contributed by atoms with Gasteiger partial charge in [-0.25, -0.2) is 0 Å². The molecule has 0 spiro atoms. The fourth-order valence-corrected chi connectivity index (χ4v) is 1.88. The van der Waals surface area contributed by atoms with Crippen molar-refractivity contribution in [1.82, 2.24) is 0 Å². The molecule has 1 rings (SSSR count). The molecule has 0 unspecified atom stereocenters. The topological polar surface area (TPSA) is 44.8 Å². The van der Waals surface area contributed by atoms with Gasteiger partial charge in [0.05, 0.1) is 26.2 Å². The van der Waals surface area contributed by atoms with Crippen LogP contribution in [-0.2, 0) is 16.0 Å². The second-order valence-corrected chi connectivity index (χ2v) is 5.00. The molecule has 1 aromatic carbocycles. The Morgan fingerprint density at radius 1 is 1.11 bits per heavy atom. The Hall–Kier alpha value is -1.71. The van der Waals surface area contributed by atoms with Crippen molar-refractivity contribution < 1.29 is 19.0 Å². The number of hydrogen-bond acceptors (Lipinski definition) is 4. The molecule has 0 atom stereocenters.